The van der Waals surface area contributed by atoms with Crippen LogP contribution in [0.25, 0.3) is 0 Å². The van der Waals surface area contributed by atoms with Gasteiger partial charge < -0.3 is 5.73 Å². The highest BCUT2D eigenvalue weighted by molar-refractivity contribution is 7.12. The van der Waals surface area contributed by atoms with Crippen molar-refractivity contribution in [2.75, 3.05) is 5.73 Å². The summed E-state index contributed by atoms with van der Waals surface area (Å²) in [5.41, 5.74) is 9.04. The minimum Gasteiger partial charge on any atom is -0.398 e. The Morgan fingerprint density at radius 3 is 2.62 bits per heavy atom. The topological polar surface area (TPSA) is 43.1 Å². The SMILES string of the molecule is Cc1ccc(N)c(C(=O)c2sccc2C)c1. The predicted molar refractivity (Wildman–Crippen MR) is 68.1 cm³/mol. The van der Waals surface area contributed by atoms with E-state index in [0.29, 0.717) is 11.3 Å². The smallest absolute Gasteiger partial charge is 0.205 e. The third kappa shape index (κ3) is 1.86. The van der Waals surface area contributed by atoms with Crippen molar-refractivity contribution in [3.63, 3.8) is 0 Å². The fourth-order valence-corrected chi connectivity index (χ4v) is 2.47. The fraction of sp³-hybridized carbons (Fsp3) is 0.154. The van der Waals surface area contributed by atoms with Gasteiger partial charge in [0.1, 0.15) is 0 Å². The Morgan fingerprint density at radius 2 is 2.00 bits per heavy atom. The molecule has 0 radical (unpaired) electrons. The summed E-state index contributed by atoms with van der Waals surface area (Å²) in [5, 5.41) is 1.93. The van der Waals surface area contributed by atoms with Crippen LogP contribution in [0, 0.1) is 13.8 Å². The number of nitrogens with two attached hydrogens (primary N) is 1. The third-order valence-corrected chi connectivity index (χ3v) is 3.54. The van der Waals surface area contributed by atoms with Crippen LogP contribution in [0.1, 0.15) is 26.4 Å². The minimum atomic E-state index is 0.0219. The van der Waals surface area contributed by atoms with Crippen LogP contribution in [0.4, 0.5) is 5.69 Å². The van der Waals surface area contributed by atoms with E-state index < -0.39 is 0 Å². The van der Waals surface area contributed by atoms with Gasteiger partial charge in [0.15, 0.2) is 0 Å². The highest BCUT2D eigenvalue weighted by Crippen LogP contribution is 2.23. The number of carbonyl (C=O) groups is 1. The number of anilines is 1. The van der Waals surface area contributed by atoms with E-state index in [1.54, 1.807) is 6.07 Å². The number of benzene rings is 1. The summed E-state index contributed by atoms with van der Waals surface area (Å²) in [7, 11) is 0. The van der Waals surface area contributed by atoms with Crippen LogP contribution in [0.3, 0.4) is 0 Å². The molecule has 0 amide bonds. The van der Waals surface area contributed by atoms with Gasteiger partial charge in [0.05, 0.1) is 4.88 Å². The van der Waals surface area contributed by atoms with E-state index in [-0.39, 0.29) is 5.78 Å². The molecule has 16 heavy (non-hydrogen) atoms. The molecule has 3 heteroatoms. The molecule has 2 N–H and O–H groups in total. The zero-order chi connectivity index (χ0) is 11.7. The maximum atomic E-state index is 12.2. The van der Waals surface area contributed by atoms with Crippen LogP contribution in [0.5, 0.6) is 0 Å². The molecular formula is C13H13NOS. The van der Waals surface area contributed by atoms with Crippen LogP contribution < -0.4 is 5.73 Å². The van der Waals surface area contributed by atoms with Gasteiger partial charge in [-0.1, -0.05) is 11.6 Å². The summed E-state index contributed by atoms with van der Waals surface area (Å²) < 4.78 is 0. The molecular weight excluding hydrogens is 218 g/mol. The lowest BCUT2D eigenvalue weighted by atomic mass is 10.0. The Hall–Kier alpha value is -1.61. The second-order valence-corrected chi connectivity index (χ2v) is 4.77. The molecule has 0 aliphatic rings. The third-order valence-electron chi connectivity index (χ3n) is 2.52. The molecule has 1 heterocycles. The number of hydrogen-bond acceptors (Lipinski definition) is 3. The van der Waals surface area contributed by atoms with Gasteiger partial charge in [-0.25, -0.2) is 0 Å². The summed E-state index contributed by atoms with van der Waals surface area (Å²) in [6.07, 6.45) is 0. The molecule has 0 fully saturated rings. The number of hydrogen-bond donors (Lipinski definition) is 1. The average Bonchev–Trinajstić information content (AvgIpc) is 2.67. The van der Waals surface area contributed by atoms with E-state index in [9.17, 15) is 4.79 Å². The van der Waals surface area contributed by atoms with Crippen molar-refractivity contribution in [1.29, 1.82) is 0 Å². The second kappa shape index (κ2) is 4.10. The predicted octanol–water partition coefficient (Wildman–Crippen LogP) is 3.18. The van der Waals surface area contributed by atoms with Crippen LogP contribution in [0.15, 0.2) is 29.6 Å². The lowest BCUT2D eigenvalue weighted by molar-refractivity contribution is 0.104. The molecule has 0 spiro atoms. The molecule has 0 aliphatic heterocycles. The first-order chi connectivity index (χ1) is 7.59. The van der Waals surface area contributed by atoms with Crippen LogP contribution in [-0.4, -0.2) is 5.78 Å². The molecule has 2 nitrogen and oxygen atoms in total. The molecule has 0 unspecified atom stereocenters. The Kier molecular flexibility index (Phi) is 2.79. The summed E-state index contributed by atoms with van der Waals surface area (Å²) in [5.74, 6) is 0.0219. The average molecular weight is 231 g/mol. The van der Waals surface area contributed by atoms with Crippen LogP contribution in [-0.2, 0) is 0 Å². The first-order valence-electron chi connectivity index (χ1n) is 5.04. The van der Waals surface area contributed by atoms with Crippen molar-refractivity contribution < 1.29 is 4.79 Å². The first-order valence-corrected chi connectivity index (χ1v) is 5.92. The van der Waals surface area contributed by atoms with Crippen molar-refractivity contribution in [3.05, 3.63) is 51.2 Å². The van der Waals surface area contributed by atoms with Crippen molar-refractivity contribution in [1.82, 2.24) is 0 Å². The Labute approximate surface area is 98.7 Å². The van der Waals surface area contributed by atoms with Gasteiger partial charge in [-0.2, -0.15) is 0 Å². The maximum Gasteiger partial charge on any atom is 0.205 e. The standard InChI is InChI=1S/C13H13NOS/c1-8-3-4-11(14)10(7-8)12(15)13-9(2)5-6-16-13/h3-7H,14H2,1-2H3. The van der Waals surface area contributed by atoms with E-state index in [0.717, 1.165) is 16.0 Å². The molecule has 0 saturated heterocycles. The molecule has 0 bridgehead atoms. The van der Waals surface area contributed by atoms with E-state index >= 15 is 0 Å². The lowest BCUT2D eigenvalue weighted by Gasteiger charge is -2.05. The number of carbonyl (C=O) groups excluding carboxylic acids is 1. The number of thiophene rings is 1. The zero-order valence-electron chi connectivity index (χ0n) is 9.28. The van der Waals surface area contributed by atoms with Gasteiger partial charge in [-0.3, -0.25) is 4.79 Å². The summed E-state index contributed by atoms with van der Waals surface area (Å²) in [6, 6.07) is 7.49. The Bertz CT molecular complexity index is 543. The normalized spacial score (nSPS) is 10.4. The van der Waals surface area contributed by atoms with E-state index in [4.69, 9.17) is 5.73 Å². The monoisotopic (exact) mass is 231 g/mol. The quantitative estimate of drug-likeness (QED) is 0.637. The fourth-order valence-electron chi connectivity index (χ4n) is 1.59. The van der Waals surface area contributed by atoms with Crippen molar-refractivity contribution >= 4 is 22.8 Å². The molecule has 82 valence electrons. The highest BCUT2D eigenvalue weighted by Gasteiger charge is 2.15. The number of nitrogen functional groups attached to an aromatic ring is 1. The second-order valence-electron chi connectivity index (χ2n) is 3.85. The number of aryl methyl sites for hydroxylation is 2. The van der Waals surface area contributed by atoms with Gasteiger partial charge in [0, 0.05) is 11.3 Å². The molecule has 0 saturated carbocycles. The van der Waals surface area contributed by atoms with Gasteiger partial charge in [0.2, 0.25) is 5.78 Å². The number of ketones is 1. The first kappa shape index (κ1) is 10.9. The zero-order valence-corrected chi connectivity index (χ0v) is 10.1. The molecule has 0 aliphatic carbocycles. The maximum absolute atomic E-state index is 12.2. The van der Waals surface area contributed by atoms with E-state index in [1.807, 2.05) is 37.4 Å². The van der Waals surface area contributed by atoms with Crippen molar-refractivity contribution in [3.8, 4) is 0 Å². The molecule has 0 atom stereocenters. The van der Waals surface area contributed by atoms with Gasteiger partial charge in [-0.15, -0.1) is 11.3 Å². The largest absolute Gasteiger partial charge is 0.398 e. The molecule has 1 aromatic heterocycles. The Balaban J connectivity index is 2.49. The van der Waals surface area contributed by atoms with Gasteiger partial charge >= 0.3 is 0 Å². The highest BCUT2D eigenvalue weighted by atomic mass is 32.1. The summed E-state index contributed by atoms with van der Waals surface area (Å²) in [4.78, 5) is 13.0. The summed E-state index contributed by atoms with van der Waals surface area (Å²) >= 11 is 1.46. The van der Waals surface area contributed by atoms with Crippen molar-refractivity contribution in [2.45, 2.75) is 13.8 Å². The lowest BCUT2D eigenvalue weighted by Crippen LogP contribution is -2.05. The molecule has 1 aromatic carbocycles. The molecule has 2 rings (SSSR count). The Morgan fingerprint density at radius 1 is 1.25 bits per heavy atom. The van der Waals surface area contributed by atoms with E-state index in [1.165, 1.54) is 11.3 Å². The van der Waals surface area contributed by atoms with Gasteiger partial charge in [0.25, 0.3) is 0 Å². The van der Waals surface area contributed by atoms with Crippen LogP contribution in [0.2, 0.25) is 0 Å². The number of rotatable bonds is 2. The van der Waals surface area contributed by atoms with E-state index in [2.05, 4.69) is 0 Å². The minimum absolute atomic E-state index is 0.0219. The van der Waals surface area contributed by atoms with Crippen LogP contribution >= 0.6 is 11.3 Å². The summed E-state index contributed by atoms with van der Waals surface area (Å²) in [6.45, 7) is 3.90. The van der Waals surface area contributed by atoms with Gasteiger partial charge in [-0.05, 0) is 43.0 Å². The molecule has 2 aromatic rings. The van der Waals surface area contributed by atoms with Crippen molar-refractivity contribution in [2.24, 2.45) is 0 Å².